The maximum Gasteiger partial charge on any atom is 0.127 e. The highest BCUT2D eigenvalue weighted by molar-refractivity contribution is 7.80. The molecule has 0 aromatic heterocycles. The zero-order chi connectivity index (χ0) is 30.1. The Kier molecular flexibility index (Phi) is 9.58. The quantitative estimate of drug-likeness (QED) is 0.124. The molecule has 0 bridgehead atoms. The first-order valence-electron chi connectivity index (χ1n) is 14.5. The summed E-state index contributed by atoms with van der Waals surface area (Å²) in [6, 6.07) is 55.2. The minimum Gasteiger partial charge on any atom is -0.496 e. The van der Waals surface area contributed by atoms with Gasteiger partial charge in [-0.05, 0) is 50.0 Å². The Morgan fingerprint density at radius 1 is 0.432 bits per heavy atom. The van der Waals surface area contributed by atoms with Crippen LogP contribution < -0.4 is 41.3 Å². The zero-order valence-corrected chi connectivity index (χ0v) is 26.5. The number of methoxy groups -OCH3 is 2. The summed E-state index contributed by atoms with van der Waals surface area (Å²) in [4.78, 5) is 5.20. The van der Waals surface area contributed by atoms with E-state index in [0.29, 0.717) is 0 Å². The summed E-state index contributed by atoms with van der Waals surface area (Å²) >= 11 is 0. The fourth-order valence-electron chi connectivity index (χ4n) is 5.30. The molecule has 0 aliphatic heterocycles. The molecule has 6 aromatic rings. The monoisotopic (exact) mass is 609 g/mol. The van der Waals surface area contributed by atoms with Crippen molar-refractivity contribution in [3.8, 4) is 11.5 Å². The van der Waals surface area contributed by atoms with E-state index in [0.717, 1.165) is 33.4 Å². The molecule has 0 saturated heterocycles. The van der Waals surface area contributed by atoms with Gasteiger partial charge in [-0.25, -0.2) is 0 Å². The first-order chi connectivity index (χ1) is 21.8. The molecule has 0 spiro atoms. The number of para-hydroxylation sites is 3. The van der Waals surface area contributed by atoms with Gasteiger partial charge in [0.15, 0.2) is 0 Å². The molecule has 0 fully saturated rings. The van der Waals surface area contributed by atoms with Crippen LogP contribution >= 0.6 is 15.8 Å². The van der Waals surface area contributed by atoms with Gasteiger partial charge in [-0.15, -0.1) is 0 Å². The standard InChI is InChI=1S/C39H33NO2P2/c1-41-34-23-11-15-27-38(34)44(39-28-16-12-24-35(39)42-2)36-25-13-9-17-30(36)29-40-33-22-10-14-26-37(33)43(31-18-5-3-6-19-31)32-20-7-4-8-21-32/h3-29H,1-2H3. The fraction of sp³-hybridized carbons (Fsp3) is 0.0513. The fourth-order valence-corrected chi connectivity index (χ4v) is 10.3. The molecule has 216 valence electrons. The molecule has 0 aliphatic carbocycles. The number of hydrogen-bond donors (Lipinski definition) is 0. The van der Waals surface area contributed by atoms with E-state index in [1.54, 1.807) is 14.2 Å². The molecule has 44 heavy (non-hydrogen) atoms. The SMILES string of the molecule is COc1ccccc1P(c1ccccc1C=Nc1ccccc1P(c1ccccc1)c1ccccc1)c1ccccc1OC. The molecule has 0 N–H and O–H groups in total. The summed E-state index contributed by atoms with van der Waals surface area (Å²) in [6.07, 6.45) is 2.03. The lowest BCUT2D eigenvalue weighted by atomic mass is 10.2. The van der Waals surface area contributed by atoms with Crippen molar-refractivity contribution >= 4 is 59.6 Å². The van der Waals surface area contributed by atoms with Crippen molar-refractivity contribution < 1.29 is 9.47 Å². The Morgan fingerprint density at radius 3 is 1.41 bits per heavy atom. The summed E-state index contributed by atoms with van der Waals surface area (Å²) in [5.74, 6) is 1.72. The van der Waals surface area contributed by atoms with E-state index in [9.17, 15) is 0 Å². The van der Waals surface area contributed by atoms with Crippen LogP contribution in [0.1, 0.15) is 5.56 Å². The van der Waals surface area contributed by atoms with Crippen LogP contribution in [0, 0.1) is 0 Å². The largest absolute Gasteiger partial charge is 0.496 e. The van der Waals surface area contributed by atoms with Crippen molar-refractivity contribution in [2.75, 3.05) is 14.2 Å². The van der Waals surface area contributed by atoms with Crippen LogP contribution in [-0.2, 0) is 0 Å². The molecule has 0 radical (unpaired) electrons. The molecule has 0 saturated carbocycles. The second-order valence-corrected chi connectivity index (χ2v) is 14.3. The third-order valence-corrected chi connectivity index (χ3v) is 12.4. The van der Waals surface area contributed by atoms with Gasteiger partial charge in [-0.3, -0.25) is 4.99 Å². The normalized spacial score (nSPS) is 11.3. The highest BCUT2D eigenvalue weighted by Gasteiger charge is 2.25. The second-order valence-electron chi connectivity index (χ2n) is 9.99. The first kappa shape index (κ1) is 29.5. The van der Waals surface area contributed by atoms with Crippen molar-refractivity contribution in [3.63, 3.8) is 0 Å². The highest BCUT2D eigenvalue weighted by atomic mass is 31.1. The lowest BCUT2D eigenvalue weighted by Crippen LogP contribution is -2.25. The minimum absolute atomic E-state index is 0.796. The Labute approximate surface area is 262 Å². The van der Waals surface area contributed by atoms with Crippen molar-refractivity contribution in [1.29, 1.82) is 0 Å². The Morgan fingerprint density at radius 2 is 0.864 bits per heavy atom. The Balaban J connectivity index is 1.48. The van der Waals surface area contributed by atoms with E-state index < -0.39 is 15.8 Å². The predicted molar refractivity (Wildman–Crippen MR) is 191 cm³/mol. The van der Waals surface area contributed by atoms with E-state index >= 15 is 0 Å². The van der Waals surface area contributed by atoms with Crippen LogP contribution in [0.4, 0.5) is 5.69 Å². The maximum absolute atomic E-state index is 5.88. The Hall–Kier alpha value is -4.55. The number of nitrogens with zero attached hydrogens (tertiary/aromatic N) is 1. The molecule has 0 atom stereocenters. The van der Waals surface area contributed by atoms with Gasteiger partial charge in [0.2, 0.25) is 0 Å². The summed E-state index contributed by atoms with van der Waals surface area (Å²) in [7, 11) is 1.64. The highest BCUT2D eigenvalue weighted by Crippen LogP contribution is 2.40. The van der Waals surface area contributed by atoms with Crippen LogP contribution in [0.25, 0.3) is 0 Å². The van der Waals surface area contributed by atoms with Gasteiger partial charge in [0.05, 0.1) is 19.9 Å². The topological polar surface area (TPSA) is 30.8 Å². The third-order valence-electron chi connectivity index (χ3n) is 7.32. The Bertz CT molecular complexity index is 1770. The predicted octanol–water partition coefficient (Wildman–Crippen LogP) is 6.97. The van der Waals surface area contributed by atoms with E-state index in [-0.39, 0.29) is 0 Å². The molecule has 0 amide bonds. The molecule has 0 unspecified atom stereocenters. The van der Waals surface area contributed by atoms with Crippen LogP contribution in [0.5, 0.6) is 11.5 Å². The second kappa shape index (κ2) is 14.3. The first-order valence-corrected chi connectivity index (χ1v) is 17.2. The van der Waals surface area contributed by atoms with E-state index in [4.69, 9.17) is 14.5 Å². The smallest absolute Gasteiger partial charge is 0.127 e. The number of rotatable bonds is 10. The molecule has 3 nitrogen and oxygen atoms in total. The number of hydrogen-bond acceptors (Lipinski definition) is 3. The molecule has 6 aromatic carbocycles. The van der Waals surface area contributed by atoms with E-state index in [1.165, 1.54) is 21.2 Å². The molecular formula is C39H33NO2P2. The maximum atomic E-state index is 5.88. The summed E-state index contributed by atoms with van der Waals surface area (Å²) in [6.45, 7) is 0. The molecule has 0 aliphatic rings. The van der Waals surface area contributed by atoms with Gasteiger partial charge in [0.25, 0.3) is 0 Å². The van der Waals surface area contributed by atoms with E-state index in [1.807, 2.05) is 30.5 Å². The lowest BCUT2D eigenvalue weighted by molar-refractivity contribution is 0.417. The summed E-state index contributed by atoms with van der Waals surface area (Å²) in [5, 5.41) is 7.27. The van der Waals surface area contributed by atoms with Crippen molar-refractivity contribution in [2.24, 2.45) is 4.99 Å². The van der Waals surface area contributed by atoms with Crippen molar-refractivity contribution in [1.82, 2.24) is 0 Å². The van der Waals surface area contributed by atoms with Gasteiger partial charge >= 0.3 is 0 Å². The molecule has 0 heterocycles. The lowest BCUT2D eigenvalue weighted by Gasteiger charge is -2.24. The van der Waals surface area contributed by atoms with Crippen LogP contribution in [0.2, 0.25) is 0 Å². The van der Waals surface area contributed by atoms with Gasteiger partial charge < -0.3 is 9.47 Å². The van der Waals surface area contributed by atoms with Gasteiger partial charge in [-0.1, -0.05) is 140 Å². The molecular weight excluding hydrogens is 576 g/mol. The average Bonchev–Trinajstić information content (AvgIpc) is 3.10. The van der Waals surface area contributed by atoms with E-state index in [2.05, 4.69) is 133 Å². The van der Waals surface area contributed by atoms with Crippen LogP contribution in [0.15, 0.2) is 163 Å². The van der Waals surface area contributed by atoms with Crippen LogP contribution in [-0.4, -0.2) is 20.4 Å². The molecule has 6 rings (SSSR count). The molecule has 5 heteroatoms. The minimum atomic E-state index is -1.03. The number of benzene rings is 6. The van der Waals surface area contributed by atoms with Crippen molar-refractivity contribution in [2.45, 2.75) is 0 Å². The third kappa shape index (κ3) is 6.36. The van der Waals surface area contributed by atoms with Gasteiger partial charge in [0, 0.05) is 27.7 Å². The summed E-state index contributed by atoms with van der Waals surface area (Å²) in [5.41, 5.74) is 2.04. The number of aliphatic imine (C=N–C) groups is 1. The zero-order valence-electron chi connectivity index (χ0n) is 24.7. The summed E-state index contributed by atoms with van der Waals surface area (Å²) < 4.78 is 11.8. The van der Waals surface area contributed by atoms with Gasteiger partial charge in [-0.2, -0.15) is 0 Å². The van der Waals surface area contributed by atoms with Crippen LogP contribution in [0.3, 0.4) is 0 Å². The van der Waals surface area contributed by atoms with Crippen molar-refractivity contribution in [3.05, 3.63) is 163 Å². The average molecular weight is 610 g/mol. The van der Waals surface area contributed by atoms with Gasteiger partial charge in [0.1, 0.15) is 11.5 Å². The number of ether oxygens (including phenoxy) is 2.